The largest absolute Gasteiger partial charge is 0.465 e. The molecule has 4 aliphatic rings. The predicted octanol–water partition coefficient (Wildman–Crippen LogP) is 2.78. The number of carbonyl (C=O) groups excluding carboxylic acids is 3. The molecule has 188 valence electrons. The Labute approximate surface area is 206 Å². The third-order valence-corrected chi connectivity index (χ3v) is 9.12. The van der Waals surface area contributed by atoms with Crippen molar-refractivity contribution in [3.63, 3.8) is 0 Å². The van der Waals surface area contributed by atoms with E-state index in [1.165, 1.54) is 0 Å². The average Bonchev–Trinajstić information content (AvgIpc) is 3.08. The molecule has 4 heterocycles. The summed E-state index contributed by atoms with van der Waals surface area (Å²) in [6.45, 7) is 11.7. The zero-order valence-corrected chi connectivity index (χ0v) is 21.8. The zero-order chi connectivity index (χ0) is 24.9. The fourth-order valence-corrected chi connectivity index (χ4v) is 8.53. The Morgan fingerprint density at radius 3 is 2.56 bits per heavy atom. The summed E-state index contributed by atoms with van der Waals surface area (Å²) in [4.78, 5) is 44.8. The molecule has 1 N–H and O–H groups in total. The SMILES string of the molecule is CC(C)(C)CC(C)(C)N1CC=C[C@]23S[C@H]4C=CCCOC(=O)[C@H]4[C@H]2C(=O)N(CCCO)C3C1=O. The summed E-state index contributed by atoms with van der Waals surface area (Å²) in [6.07, 6.45) is 9.92. The molecule has 0 aliphatic carbocycles. The lowest BCUT2D eigenvalue weighted by molar-refractivity contribution is -0.153. The molecule has 1 spiro atoms. The number of thioether (sulfide) groups is 1. The molecule has 2 amide bonds. The first kappa shape index (κ1) is 25.3. The van der Waals surface area contributed by atoms with Crippen LogP contribution in [0.5, 0.6) is 0 Å². The summed E-state index contributed by atoms with van der Waals surface area (Å²) in [5.41, 5.74) is -0.400. The van der Waals surface area contributed by atoms with Gasteiger partial charge in [0.2, 0.25) is 11.8 Å². The van der Waals surface area contributed by atoms with Gasteiger partial charge in [0.1, 0.15) is 6.04 Å². The van der Waals surface area contributed by atoms with E-state index in [0.29, 0.717) is 26.0 Å². The Morgan fingerprint density at radius 2 is 1.88 bits per heavy atom. The maximum Gasteiger partial charge on any atom is 0.311 e. The van der Waals surface area contributed by atoms with Gasteiger partial charge < -0.3 is 19.6 Å². The molecule has 0 bridgehead atoms. The summed E-state index contributed by atoms with van der Waals surface area (Å²) in [7, 11) is 0. The second kappa shape index (κ2) is 9.01. The molecular weight excluding hydrogens is 452 g/mol. The Bertz CT molecular complexity index is 907. The highest BCUT2D eigenvalue weighted by molar-refractivity contribution is 8.02. The maximum atomic E-state index is 14.3. The summed E-state index contributed by atoms with van der Waals surface area (Å²) in [6, 6.07) is -0.714. The van der Waals surface area contributed by atoms with Gasteiger partial charge in [0.25, 0.3) is 0 Å². The first-order chi connectivity index (χ1) is 15.9. The van der Waals surface area contributed by atoms with E-state index >= 15 is 0 Å². The Balaban J connectivity index is 1.79. The number of aliphatic hydroxyl groups excluding tert-OH is 1. The van der Waals surface area contributed by atoms with Crippen molar-refractivity contribution in [1.82, 2.24) is 9.80 Å². The molecule has 1 unspecified atom stereocenters. The number of amides is 2. The van der Waals surface area contributed by atoms with Crippen LogP contribution in [0.1, 0.15) is 53.9 Å². The van der Waals surface area contributed by atoms with E-state index in [9.17, 15) is 19.5 Å². The van der Waals surface area contributed by atoms with E-state index in [4.69, 9.17) is 4.74 Å². The van der Waals surface area contributed by atoms with Crippen molar-refractivity contribution >= 4 is 29.5 Å². The van der Waals surface area contributed by atoms with Gasteiger partial charge in [-0.15, -0.1) is 11.8 Å². The molecule has 0 aromatic heterocycles. The molecule has 5 atom stereocenters. The Kier molecular flexibility index (Phi) is 6.70. The van der Waals surface area contributed by atoms with Gasteiger partial charge in [0.05, 0.1) is 23.2 Å². The van der Waals surface area contributed by atoms with Gasteiger partial charge in [-0.1, -0.05) is 45.1 Å². The molecular formula is C26H38N2O5S. The summed E-state index contributed by atoms with van der Waals surface area (Å²) in [5.74, 6) is -1.89. The van der Waals surface area contributed by atoms with Crippen molar-refractivity contribution in [2.24, 2.45) is 17.3 Å². The van der Waals surface area contributed by atoms with Crippen LogP contribution in [0.2, 0.25) is 0 Å². The van der Waals surface area contributed by atoms with E-state index in [1.54, 1.807) is 16.7 Å². The highest BCUT2D eigenvalue weighted by atomic mass is 32.2. The number of aliphatic hydroxyl groups is 1. The number of likely N-dealkylation sites (tertiary alicyclic amines) is 1. The lowest BCUT2D eigenvalue weighted by atomic mass is 9.78. The van der Waals surface area contributed by atoms with Gasteiger partial charge in [0.15, 0.2) is 0 Å². The number of esters is 1. The normalized spacial score (nSPS) is 33.8. The van der Waals surface area contributed by atoms with Crippen LogP contribution in [-0.2, 0) is 19.1 Å². The molecule has 4 aliphatic heterocycles. The smallest absolute Gasteiger partial charge is 0.311 e. The van der Waals surface area contributed by atoms with E-state index in [-0.39, 0.29) is 41.6 Å². The van der Waals surface area contributed by atoms with Gasteiger partial charge in [-0.3, -0.25) is 14.4 Å². The minimum atomic E-state index is -0.834. The molecule has 34 heavy (non-hydrogen) atoms. The number of fused-ring (bicyclic) bond motifs is 2. The predicted molar refractivity (Wildman–Crippen MR) is 132 cm³/mol. The van der Waals surface area contributed by atoms with Gasteiger partial charge in [0, 0.05) is 30.5 Å². The summed E-state index contributed by atoms with van der Waals surface area (Å²) in [5, 5.41) is 9.29. The Hall–Kier alpha value is -1.80. The van der Waals surface area contributed by atoms with E-state index in [2.05, 4.69) is 34.6 Å². The third kappa shape index (κ3) is 4.21. The molecule has 0 radical (unpaired) electrons. The lowest BCUT2D eigenvalue weighted by Gasteiger charge is -2.44. The van der Waals surface area contributed by atoms with Crippen LogP contribution in [0, 0.1) is 17.3 Å². The molecule has 8 heteroatoms. The molecule has 2 fully saturated rings. The molecule has 4 rings (SSSR count). The molecule has 0 saturated carbocycles. The quantitative estimate of drug-likeness (QED) is 0.471. The van der Waals surface area contributed by atoms with Gasteiger partial charge in [-0.25, -0.2) is 0 Å². The molecule has 7 nitrogen and oxygen atoms in total. The van der Waals surface area contributed by atoms with Gasteiger partial charge in [-0.05, 0) is 38.5 Å². The second-order valence-corrected chi connectivity index (χ2v) is 13.2. The van der Waals surface area contributed by atoms with Crippen LogP contribution in [-0.4, -0.2) is 80.6 Å². The number of nitrogens with zero attached hydrogens (tertiary/aromatic N) is 2. The van der Waals surface area contributed by atoms with Crippen LogP contribution in [0.4, 0.5) is 0 Å². The van der Waals surface area contributed by atoms with Gasteiger partial charge in [-0.2, -0.15) is 0 Å². The van der Waals surface area contributed by atoms with E-state index in [0.717, 1.165) is 6.42 Å². The topological polar surface area (TPSA) is 87.2 Å². The van der Waals surface area contributed by atoms with Crippen molar-refractivity contribution in [3.8, 4) is 0 Å². The van der Waals surface area contributed by atoms with Crippen molar-refractivity contribution in [3.05, 3.63) is 24.3 Å². The lowest BCUT2D eigenvalue weighted by Crippen LogP contribution is -2.58. The summed E-state index contributed by atoms with van der Waals surface area (Å²) < 4.78 is 4.67. The van der Waals surface area contributed by atoms with E-state index < -0.39 is 28.2 Å². The minimum absolute atomic E-state index is 0.0181. The number of ether oxygens (including phenoxy) is 1. The van der Waals surface area contributed by atoms with E-state index in [1.807, 2.05) is 29.2 Å². The Morgan fingerprint density at radius 1 is 1.15 bits per heavy atom. The summed E-state index contributed by atoms with van der Waals surface area (Å²) >= 11 is 1.56. The molecule has 0 aromatic rings. The van der Waals surface area contributed by atoms with Crippen LogP contribution < -0.4 is 0 Å². The number of hydrogen-bond donors (Lipinski definition) is 1. The standard InChI is InChI=1S/C26H38N2O5S/c1-24(2,3)16-25(4,5)28-13-8-11-26-19(18-17(34-26)10-6-7-15-33-23(18)32)21(30)27(12-9-14-29)20(26)22(28)31/h6,8,10-11,17-20,29H,7,9,12-16H2,1-5H3/t17-,18+,19-,20?,26-/m0/s1. The molecule has 2 saturated heterocycles. The van der Waals surface area contributed by atoms with Crippen LogP contribution >= 0.6 is 11.8 Å². The fourth-order valence-electron chi connectivity index (χ4n) is 6.53. The first-order valence-electron chi connectivity index (χ1n) is 12.3. The highest BCUT2D eigenvalue weighted by Gasteiger charge is 2.71. The number of rotatable bonds is 5. The monoisotopic (exact) mass is 490 g/mol. The zero-order valence-electron chi connectivity index (χ0n) is 21.0. The van der Waals surface area contributed by atoms with Crippen molar-refractivity contribution in [1.29, 1.82) is 0 Å². The fraction of sp³-hybridized carbons (Fsp3) is 0.731. The number of cyclic esters (lactones) is 1. The van der Waals surface area contributed by atoms with Crippen molar-refractivity contribution in [2.75, 3.05) is 26.3 Å². The van der Waals surface area contributed by atoms with Crippen LogP contribution in [0.3, 0.4) is 0 Å². The highest BCUT2D eigenvalue weighted by Crippen LogP contribution is 2.61. The average molecular weight is 491 g/mol. The van der Waals surface area contributed by atoms with Crippen LogP contribution in [0.25, 0.3) is 0 Å². The molecule has 0 aromatic carbocycles. The van der Waals surface area contributed by atoms with Crippen LogP contribution in [0.15, 0.2) is 24.3 Å². The van der Waals surface area contributed by atoms with Crippen molar-refractivity contribution in [2.45, 2.75) is 75.5 Å². The maximum absolute atomic E-state index is 14.3. The number of carbonyl (C=O) groups is 3. The van der Waals surface area contributed by atoms with Gasteiger partial charge >= 0.3 is 5.97 Å². The third-order valence-electron chi connectivity index (χ3n) is 7.37. The second-order valence-electron chi connectivity index (χ2n) is 11.7. The number of hydrogen-bond acceptors (Lipinski definition) is 6. The first-order valence-corrected chi connectivity index (χ1v) is 13.2. The minimum Gasteiger partial charge on any atom is -0.465 e. The van der Waals surface area contributed by atoms with Crippen molar-refractivity contribution < 1.29 is 24.2 Å².